The molecule has 0 atom stereocenters. The molecule has 4 nitrogen and oxygen atoms in total. The van der Waals surface area contributed by atoms with Crippen molar-refractivity contribution in [3.8, 4) is 11.3 Å². The van der Waals surface area contributed by atoms with Crippen molar-refractivity contribution in [2.24, 2.45) is 0 Å². The molecule has 23 heavy (non-hydrogen) atoms. The second kappa shape index (κ2) is 6.48. The number of nitrogens with one attached hydrogen (secondary N) is 1. The van der Waals surface area contributed by atoms with E-state index in [0.717, 1.165) is 11.3 Å². The highest BCUT2D eigenvalue weighted by atomic mass is 35.5. The van der Waals surface area contributed by atoms with Crippen molar-refractivity contribution >= 4 is 34.0 Å². The number of nitrogens with zero attached hydrogens (tertiary/aromatic N) is 2. The molecule has 0 radical (unpaired) electrons. The minimum absolute atomic E-state index is 0.177. The predicted octanol–water partition coefficient (Wildman–Crippen LogP) is 4.73. The summed E-state index contributed by atoms with van der Waals surface area (Å²) < 4.78 is 0. The van der Waals surface area contributed by atoms with Crippen LogP contribution in [-0.2, 0) is 0 Å². The number of carbonyl (C=O) groups excluding carboxylic acids is 1. The average Bonchev–Trinajstić information content (AvgIpc) is 2.99. The van der Waals surface area contributed by atoms with Gasteiger partial charge in [-0.15, -0.1) is 11.3 Å². The van der Waals surface area contributed by atoms with Gasteiger partial charge in [-0.05, 0) is 43.2 Å². The van der Waals surface area contributed by atoms with Crippen LogP contribution in [0.2, 0.25) is 5.15 Å². The van der Waals surface area contributed by atoms with Gasteiger partial charge in [0.05, 0.1) is 11.3 Å². The molecule has 1 aromatic carbocycles. The lowest BCUT2D eigenvalue weighted by molar-refractivity contribution is 0.102. The van der Waals surface area contributed by atoms with Gasteiger partial charge in [-0.1, -0.05) is 23.7 Å². The lowest BCUT2D eigenvalue weighted by atomic mass is 10.1. The third kappa shape index (κ3) is 3.41. The molecule has 1 N–H and O–H groups in total. The van der Waals surface area contributed by atoms with Crippen molar-refractivity contribution in [3.63, 3.8) is 0 Å². The normalized spacial score (nSPS) is 10.6. The van der Waals surface area contributed by atoms with Crippen molar-refractivity contribution in [1.82, 2.24) is 9.97 Å². The van der Waals surface area contributed by atoms with Crippen molar-refractivity contribution in [3.05, 3.63) is 63.8 Å². The first kappa shape index (κ1) is 15.6. The van der Waals surface area contributed by atoms with Gasteiger partial charge in [0, 0.05) is 17.1 Å². The van der Waals surface area contributed by atoms with Gasteiger partial charge >= 0.3 is 0 Å². The monoisotopic (exact) mass is 343 g/mol. The zero-order chi connectivity index (χ0) is 16.4. The molecule has 3 aromatic rings. The first-order chi connectivity index (χ1) is 11.0. The zero-order valence-corrected chi connectivity index (χ0v) is 14.2. The number of anilines is 1. The molecule has 0 aliphatic rings. The summed E-state index contributed by atoms with van der Waals surface area (Å²) in [6.07, 6.45) is 1.54. The van der Waals surface area contributed by atoms with Crippen LogP contribution in [0.25, 0.3) is 11.3 Å². The number of rotatable bonds is 3. The van der Waals surface area contributed by atoms with Gasteiger partial charge < -0.3 is 0 Å². The van der Waals surface area contributed by atoms with Crippen LogP contribution in [0, 0.1) is 13.8 Å². The topological polar surface area (TPSA) is 54.9 Å². The van der Waals surface area contributed by atoms with Crippen LogP contribution in [0.1, 0.15) is 21.5 Å². The number of hydrogen-bond acceptors (Lipinski definition) is 4. The molecule has 0 saturated heterocycles. The van der Waals surface area contributed by atoms with Crippen LogP contribution in [-0.4, -0.2) is 15.9 Å². The standard InChI is InChI=1S/C17H14ClN3OS/c1-10-5-6-12(8-11(10)2)14-9-23-17(20-14)21-16(22)13-4-3-7-19-15(13)18/h3-9H,1-2H3,(H,20,21,22). The third-order valence-corrected chi connectivity index (χ3v) is 4.59. The van der Waals surface area contributed by atoms with E-state index in [1.807, 2.05) is 11.4 Å². The van der Waals surface area contributed by atoms with Gasteiger partial charge in [0.15, 0.2) is 5.13 Å². The van der Waals surface area contributed by atoms with Crippen molar-refractivity contribution in [2.45, 2.75) is 13.8 Å². The quantitative estimate of drug-likeness (QED) is 0.699. The van der Waals surface area contributed by atoms with Crippen molar-refractivity contribution in [1.29, 1.82) is 0 Å². The summed E-state index contributed by atoms with van der Waals surface area (Å²) in [5, 5.41) is 5.39. The molecule has 2 aromatic heterocycles. The Labute approximate surface area is 143 Å². The first-order valence-corrected chi connectivity index (χ1v) is 8.25. The summed E-state index contributed by atoms with van der Waals surface area (Å²) in [6, 6.07) is 9.48. The Bertz CT molecular complexity index is 876. The maximum absolute atomic E-state index is 12.2. The highest BCUT2D eigenvalue weighted by molar-refractivity contribution is 7.14. The van der Waals surface area contributed by atoms with E-state index in [-0.39, 0.29) is 11.1 Å². The molecule has 0 aliphatic carbocycles. The van der Waals surface area contributed by atoms with Crippen LogP contribution < -0.4 is 5.32 Å². The van der Waals surface area contributed by atoms with E-state index in [1.54, 1.807) is 18.3 Å². The Balaban J connectivity index is 1.81. The fourth-order valence-electron chi connectivity index (χ4n) is 2.08. The molecule has 0 aliphatic heterocycles. The Morgan fingerprint density at radius 3 is 2.78 bits per heavy atom. The summed E-state index contributed by atoms with van der Waals surface area (Å²) in [4.78, 5) is 20.6. The maximum Gasteiger partial charge on any atom is 0.260 e. The number of thiazole rings is 1. The molecular weight excluding hydrogens is 330 g/mol. The molecule has 116 valence electrons. The van der Waals surface area contributed by atoms with Crippen molar-refractivity contribution in [2.75, 3.05) is 5.32 Å². The zero-order valence-electron chi connectivity index (χ0n) is 12.6. The summed E-state index contributed by atoms with van der Waals surface area (Å²) in [5.41, 5.74) is 4.65. The lowest BCUT2D eigenvalue weighted by Crippen LogP contribution is -2.12. The van der Waals surface area contributed by atoms with Crippen LogP contribution in [0.4, 0.5) is 5.13 Å². The number of aromatic nitrogens is 2. The SMILES string of the molecule is Cc1ccc(-c2csc(NC(=O)c3cccnc3Cl)n2)cc1C. The number of aryl methyl sites for hydroxylation is 2. The van der Waals surface area contributed by atoms with E-state index >= 15 is 0 Å². The molecule has 0 unspecified atom stereocenters. The van der Waals surface area contributed by atoms with Crippen LogP contribution in [0.3, 0.4) is 0 Å². The van der Waals surface area contributed by atoms with Gasteiger partial charge in [0.25, 0.3) is 5.91 Å². The van der Waals surface area contributed by atoms with Crippen molar-refractivity contribution < 1.29 is 4.79 Å². The van der Waals surface area contributed by atoms with Crippen LogP contribution in [0.5, 0.6) is 0 Å². The average molecular weight is 344 g/mol. The smallest absolute Gasteiger partial charge is 0.260 e. The van der Waals surface area contributed by atoms with E-state index in [9.17, 15) is 4.79 Å². The number of hydrogen-bond donors (Lipinski definition) is 1. The first-order valence-electron chi connectivity index (χ1n) is 6.99. The minimum Gasteiger partial charge on any atom is -0.298 e. The third-order valence-electron chi connectivity index (χ3n) is 3.53. The second-order valence-electron chi connectivity index (χ2n) is 5.13. The number of amides is 1. The fraction of sp³-hybridized carbons (Fsp3) is 0.118. The Kier molecular flexibility index (Phi) is 4.41. The minimum atomic E-state index is -0.316. The Hall–Kier alpha value is -2.24. The summed E-state index contributed by atoms with van der Waals surface area (Å²) in [7, 11) is 0. The molecule has 6 heteroatoms. The van der Waals surface area contributed by atoms with E-state index in [4.69, 9.17) is 11.6 Å². The second-order valence-corrected chi connectivity index (χ2v) is 6.35. The van der Waals surface area contributed by atoms with Gasteiger partial charge in [0.1, 0.15) is 5.15 Å². The number of halogens is 1. The van der Waals surface area contributed by atoms with E-state index < -0.39 is 0 Å². The Morgan fingerprint density at radius 2 is 2.04 bits per heavy atom. The number of pyridine rings is 1. The van der Waals surface area contributed by atoms with Crippen LogP contribution in [0.15, 0.2) is 41.9 Å². The molecule has 3 rings (SSSR count). The van der Waals surface area contributed by atoms with Gasteiger partial charge in [-0.3, -0.25) is 10.1 Å². The maximum atomic E-state index is 12.2. The summed E-state index contributed by atoms with van der Waals surface area (Å²) in [5.74, 6) is -0.316. The number of benzene rings is 1. The summed E-state index contributed by atoms with van der Waals surface area (Å²) in [6.45, 7) is 4.14. The van der Waals surface area contributed by atoms with Gasteiger partial charge in [0.2, 0.25) is 0 Å². The molecule has 0 fully saturated rings. The fourth-order valence-corrected chi connectivity index (χ4v) is 3.00. The predicted molar refractivity (Wildman–Crippen MR) is 94.2 cm³/mol. The Morgan fingerprint density at radius 1 is 1.22 bits per heavy atom. The van der Waals surface area contributed by atoms with Gasteiger partial charge in [-0.2, -0.15) is 0 Å². The van der Waals surface area contributed by atoms with E-state index in [1.165, 1.54) is 22.5 Å². The van der Waals surface area contributed by atoms with Gasteiger partial charge in [-0.25, -0.2) is 9.97 Å². The molecule has 1 amide bonds. The van der Waals surface area contributed by atoms with E-state index in [0.29, 0.717) is 10.7 Å². The number of carbonyl (C=O) groups is 1. The summed E-state index contributed by atoms with van der Waals surface area (Å²) >= 11 is 7.31. The highest BCUT2D eigenvalue weighted by Gasteiger charge is 2.13. The largest absolute Gasteiger partial charge is 0.298 e. The van der Waals surface area contributed by atoms with Crippen LogP contribution >= 0.6 is 22.9 Å². The molecular formula is C17H14ClN3OS. The molecule has 0 spiro atoms. The highest BCUT2D eigenvalue weighted by Crippen LogP contribution is 2.27. The lowest BCUT2D eigenvalue weighted by Gasteiger charge is -2.03. The van der Waals surface area contributed by atoms with E-state index in [2.05, 4.69) is 41.3 Å². The molecule has 2 heterocycles. The molecule has 0 saturated carbocycles. The molecule has 0 bridgehead atoms.